The molecular formula is C26H29N3O2. The van der Waals surface area contributed by atoms with Crippen LogP contribution in [0.1, 0.15) is 21.5 Å². The standard InChI is InChI=1S/C26H29N3O2/c1-27(2)23-14-10-8-11-19(23)20-16-15-18(17-24(20)28(3)4)26(29(5)6)22-13-9-7-12-21(22)25(30)31-26/h7-17H,1-6H3. The summed E-state index contributed by atoms with van der Waals surface area (Å²) in [4.78, 5) is 18.9. The van der Waals surface area contributed by atoms with E-state index in [1.165, 1.54) is 0 Å². The summed E-state index contributed by atoms with van der Waals surface area (Å²) in [6, 6.07) is 22.4. The molecule has 1 aliphatic heterocycles. The van der Waals surface area contributed by atoms with Gasteiger partial charge in [0.1, 0.15) is 0 Å². The minimum atomic E-state index is -0.960. The van der Waals surface area contributed by atoms with Gasteiger partial charge < -0.3 is 14.5 Å². The maximum atomic E-state index is 12.7. The quantitative estimate of drug-likeness (QED) is 0.577. The molecule has 0 fully saturated rings. The van der Waals surface area contributed by atoms with Gasteiger partial charge in [-0.05, 0) is 32.3 Å². The number of benzene rings is 3. The second kappa shape index (κ2) is 7.75. The lowest BCUT2D eigenvalue weighted by Gasteiger charge is -2.36. The molecule has 0 spiro atoms. The Morgan fingerprint density at radius 2 is 1.26 bits per heavy atom. The van der Waals surface area contributed by atoms with Crippen LogP contribution in [-0.4, -0.2) is 53.2 Å². The fourth-order valence-electron chi connectivity index (χ4n) is 4.44. The lowest BCUT2D eigenvalue weighted by atomic mass is 9.89. The normalized spacial score (nSPS) is 17.5. The molecule has 1 aliphatic rings. The Hall–Kier alpha value is -3.31. The topological polar surface area (TPSA) is 36.0 Å². The number of para-hydroxylation sites is 1. The molecule has 0 N–H and O–H groups in total. The van der Waals surface area contributed by atoms with Crippen molar-refractivity contribution in [3.05, 3.63) is 83.4 Å². The van der Waals surface area contributed by atoms with Crippen LogP contribution in [0.3, 0.4) is 0 Å². The number of hydrogen-bond acceptors (Lipinski definition) is 5. The van der Waals surface area contributed by atoms with Gasteiger partial charge in [-0.25, -0.2) is 4.79 Å². The molecule has 0 saturated heterocycles. The summed E-state index contributed by atoms with van der Waals surface area (Å²) in [5.74, 6) is -0.294. The third-order valence-electron chi connectivity index (χ3n) is 5.93. The van der Waals surface area contributed by atoms with Crippen molar-refractivity contribution in [1.82, 2.24) is 4.90 Å². The van der Waals surface area contributed by atoms with E-state index in [4.69, 9.17) is 4.74 Å². The van der Waals surface area contributed by atoms with Crippen molar-refractivity contribution in [3.8, 4) is 11.1 Å². The summed E-state index contributed by atoms with van der Waals surface area (Å²) in [5.41, 5.74) is 5.95. The SMILES string of the molecule is CN(C)c1ccccc1-c1ccc(C2(N(C)C)OC(=O)c3ccccc32)cc1N(C)C. The average molecular weight is 416 g/mol. The molecule has 5 nitrogen and oxygen atoms in total. The van der Waals surface area contributed by atoms with E-state index in [0.29, 0.717) is 5.56 Å². The van der Waals surface area contributed by atoms with E-state index >= 15 is 0 Å². The zero-order valence-corrected chi connectivity index (χ0v) is 19.0. The highest BCUT2D eigenvalue weighted by atomic mass is 16.6. The minimum absolute atomic E-state index is 0.294. The lowest BCUT2D eigenvalue weighted by molar-refractivity contribution is -0.0619. The van der Waals surface area contributed by atoms with E-state index < -0.39 is 5.72 Å². The van der Waals surface area contributed by atoms with Crippen LogP contribution in [0.5, 0.6) is 0 Å². The lowest BCUT2D eigenvalue weighted by Crippen LogP contribution is -2.42. The summed E-state index contributed by atoms with van der Waals surface area (Å²) in [6.45, 7) is 0. The average Bonchev–Trinajstić information content (AvgIpc) is 3.07. The van der Waals surface area contributed by atoms with Crippen LogP contribution in [0.15, 0.2) is 66.7 Å². The van der Waals surface area contributed by atoms with Crippen LogP contribution < -0.4 is 9.80 Å². The van der Waals surface area contributed by atoms with Gasteiger partial charge in [0.15, 0.2) is 0 Å². The number of fused-ring (bicyclic) bond motifs is 1. The smallest absolute Gasteiger partial charge is 0.340 e. The van der Waals surface area contributed by atoms with Gasteiger partial charge >= 0.3 is 5.97 Å². The molecule has 5 heteroatoms. The molecule has 3 aromatic carbocycles. The van der Waals surface area contributed by atoms with Crippen LogP contribution in [0.25, 0.3) is 11.1 Å². The molecule has 0 radical (unpaired) electrons. The Kier molecular flexibility index (Phi) is 5.23. The molecule has 3 aromatic rings. The Balaban J connectivity index is 1.95. The third-order valence-corrected chi connectivity index (χ3v) is 5.93. The number of rotatable bonds is 5. The summed E-state index contributed by atoms with van der Waals surface area (Å²) in [6.07, 6.45) is 0. The van der Waals surface area contributed by atoms with Crippen LogP contribution in [0.2, 0.25) is 0 Å². The van der Waals surface area contributed by atoms with Crippen LogP contribution in [0, 0.1) is 0 Å². The first-order chi connectivity index (χ1) is 14.8. The minimum Gasteiger partial charge on any atom is -0.431 e. The van der Waals surface area contributed by atoms with Gasteiger partial charge in [-0.3, -0.25) is 4.90 Å². The molecule has 1 heterocycles. The molecule has 0 aromatic heterocycles. The van der Waals surface area contributed by atoms with Gasteiger partial charge in [-0.1, -0.05) is 48.5 Å². The Morgan fingerprint density at radius 3 is 1.90 bits per heavy atom. The van der Waals surface area contributed by atoms with Gasteiger partial charge in [0.05, 0.1) is 5.56 Å². The van der Waals surface area contributed by atoms with Crippen molar-refractivity contribution < 1.29 is 9.53 Å². The number of carbonyl (C=O) groups excluding carboxylic acids is 1. The summed E-state index contributed by atoms with van der Waals surface area (Å²) in [7, 11) is 12.1. The first-order valence-electron chi connectivity index (χ1n) is 10.4. The Morgan fingerprint density at radius 1 is 0.677 bits per heavy atom. The second-order valence-corrected chi connectivity index (χ2v) is 8.51. The van der Waals surface area contributed by atoms with Gasteiger partial charge in [0, 0.05) is 61.8 Å². The highest BCUT2D eigenvalue weighted by Gasteiger charge is 2.49. The zero-order chi connectivity index (χ0) is 22.3. The van der Waals surface area contributed by atoms with Gasteiger partial charge in [0.25, 0.3) is 0 Å². The summed E-state index contributed by atoms with van der Waals surface area (Å²) >= 11 is 0. The first-order valence-corrected chi connectivity index (χ1v) is 10.4. The molecule has 0 aliphatic carbocycles. The number of hydrogen-bond donors (Lipinski definition) is 0. The van der Waals surface area contributed by atoms with Crippen molar-refractivity contribution in [3.63, 3.8) is 0 Å². The molecule has 0 bridgehead atoms. The summed E-state index contributed by atoms with van der Waals surface area (Å²) < 4.78 is 6.07. The van der Waals surface area contributed by atoms with Crippen molar-refractivity contribution in [2.45, 2.75) is 5.72 Å². The molecule has 1 unspecified atom stereocenters. The molecular weight excluding hydrogens is 386 g/mol. The molecule has 0 amide bonds. The summed E-state index contributed by atoms with van der Waals surface area (Å²) in [5, 5.41) is 0. The largest absolute Gasteiger partial charge is 0.431 e. The fourth-order valence-corrected chi connectivity index (χ4v) is 4.44. The highest BCUT2D eigenvalue weighted by molar-refractivity contribution is 5.95. The predicted molar refractivity (Wildman–Crippen MR) is 127 cm³/mol. The second-order valence-electron chi connectivity index (χ2n) is 8.51. The van der Waals surface area contributed by atoms with Crippen LogP contribution in [0.4, 0.5) is 11.4 Å². The fraction of sp³-hybridized carbons (Fsp3) is 0.269. The molecule has 1 atom stereocenters. The number of esters is 1. The molecule has 160 valence electrons. The third kappa shape index (κ3) is 3.26. The van der Waals surface area contributed by atoms with Gasteiger partial charge in [-0.2, -0.15) is 0 Å². The predicted octanol–water partition coefficient (Wildman–Crippen LogP) is 4.42. The molecule has 31 heavy (non-hydrogen) atoms. The highest BCUT2D eigenvalue weighted by Crippen LogP contribution is 2.46. The zero-order valence-electron chi connectivity index (χ0n) is 19.0. The Labute approximate surface area is 184 Å². The maximum absolute atomic E-state index is 12.7. The van der Waals surface area contributed by atoms with Gasteiger partial charge in [-0.15, -0.1) is 0 Å². The number of nitrogens with zero attached hydrogens (tertiary/aromatic N) is 3. The number of carbonyl (C=O) groups is 1. The number of cyclic esters (lactones) is 1. The van der Waals surface area contributed by atoms with E-state index in [0.717, 1.165) is 33.6 Å². The number of ether oxygens (including phenoxy) is 1. The van der Waals surface area contributed by atoms with E-state index in [9.17, 15) is 4.79 Å². The first kappa shape index (κ1) is 20.9. The van der Waals surface area contributed by atoms with Crippen molar-refractivity contribution in [2.24, 2.45) is 0 Å². The van der Waals surface area contributed by atoms with Crippen LogP contribution in [-0.2, 0) is 10.5 Å². The number of anilines is 2. The van der Waals surface area contributed by atoms with Crippen molar-refractivity contribution in [2.75, 3.05) is 52.1 Å². The van der Waals surface area contributed by atoms with Gasteiger partial charge in [0.2, 0.25) is 5.72 Å². The van der Waals surface area contributed by atoms with Crippen LogP contribution >= 0.6 is 0 Å². The van der Waals surface area contributed by atoms with E-state index in [1.54, 1.807) is 0 Å². The molecule has 0 saturated carbocycles. The molecule has 4 rings (SSSR count). The van der Waals surface area contributed by atoms with E-state index in [1.807, 2.05) is 57.4 Å². The van der Waals surface area contributed by atoms with E-state index in [-0.39, 0.29) is 5.97 Å². The monoisotopic (exact) mass is 415 g/mol. The maximum Gasteiger partial charge on any atom is 0.340 e. The van der Waals surface area contributed by atoms with E-state index in [2.05, 4.69) is 66.4 Å². The van der Waals surface area contributed by atoms with Crippen molar-refractivity contribution >= 4 is 17.3 Å². The van der Waals surface area contributed by atoms with Crippen molar-refractivity contribution in [1.29, 1.82) is 0 Å². The Bertz CT molecular complexity index is 1140.